The Morgan fingerprint density at radius 3 is 2.47 bits per heavy atom. The molecule has 1 heterocycles. The molecule has 1 aromatic rings. The summed E-state index contributed by atoms with van der Waals surface area (Å²) in [6.45, 7) is 1.26. The fraction of sp³-hybridized carbons (Fsp3) is 0.286. The third kappa shape index (κ3) is 2.61. The van der Waals surface area contributed by atoms with Gasteiger partial charge < -0.3 is 0 Å². The summed E-state index contributed by atoms with van der Waals surface area (Å²) >= 11 is 1.67. The molecule has 1 rings (SSSR count). The van der Waals surface area contributed by atoms with Gasteiger partial charge in [-0.3, -0.25) is 0 Å². The van der Waals surface area contributed by atoms with Crippen LogP contribution >= 0.6 is 22.6 Å². The lowest BCUT2D eigenvalue weighted by molar-refractivity contribution is 0.149. The van der Waals surface area contributed by atoms with Gasteiger partial charge in [-0.2, -0.15) is 0 Å². The molecule has 0 fully saturated rings. The first-order valence-corrected chi connectivity index (χ1v) is 6.33. The standard InChI is InChI=1S/C7H7F2IN2O2S/c1-3-5(6(8)9)4(10)2-12-7(3)15(11,13)14/h2,6H,1H3,(H2,11,13,14). The predicted octanol–water partition coefficient (Wildman–Crippen LogP) is 1.58. The van der Waals surface area contributed by atoms with Gasteiger partial charge in [-0.15, -0.1) is 0 Å². The molecular formula is C7H7F2IN2O2S. The molecule has 0 amide bonds. The zero-order valence-corrected chi connectivity index (χ0v) is 10.5. The maximum atomic E-state index is 12.6. The van der Waals surface area contributed by atoms with E-state index in [0.29, 0.717) is 0 Å². The van der Waals surface area contributed by atoms with Crippen molar-refractivity contribution in [3.63, 3.8) is 0 Å². The maximum Gasteiger partial charge on any atom is 0.265 e. The third-order valence-electron chi connectivity index (χ3n) is 1.76. The summed E-state index contributed by atoms with van der Waals surface area (Å²) in [7, 11) is -4.05. The lowest BCUT2D eigenvalue weighted by atomic mass is 10.2. The van der Waals surface area contributed by atoms with Gasteiger partial charge in [0.15, 0.2) is 5.03 Å². The van der Waals surface area contributed by atoms with Crippen molar-refractivity contribution in [1.29, 1.82) is 0 Å². The Morgan fingerprint density at radius 1 is 1.53 bits per heavy atom. The fourth-order valence-corrected chi connectivity index (χ4v) is 2.65. The molecule has 84 valence electrons. The van der Waals surface area contributed by atoms with Crippen LogP contribution in [0, 0.1) is 10.5 Å². The van der Waals surface area contributed by atoms with E-state index >= 15 is 0 Å². The van der Waals surface area contributed by atoms with Crippen LogP contribution in [-0.4, -0.2) is 13.4 Å². The van der Waals surface area contributed by atoms with Gasteiger partial charge in [0.05, 0.1) is 0 Å². The van der Waals surface area contributed by atoms with Crippen LogP contribution in [-0.2, 0) is 10.0 Å². The van der Waals surface area contributed by atoms with E-state index in [9.17, 15) is 17.2 Å². The van der Waals surface area contributed by atoms with Crippen molar-refractivity contribution in [2.24, 2.45) is 5.14 Å². The molecule has 8 heteroatoms. The number of pyridine rings is 1. The second-order valence-corrected chi connectivity index (χ2v) is 5.43. The molecule has 0 saturated carbocycles. The smallest absolute Gasteiger partial charge is 0.242 e. The van der Waals surface area contributed by atoms with E-state index < -0.39 is 21.5 Å². The van der Waals surface area contributed by atoms with Crippen LogP contribution in [0.2, 0.25) is 0 Å². The van der Waals surface area contributed by atoms with Crippen molar-refractivity contribution in [1.82, 2.24) is 4.98 Å². The Kier molecular flexibility index (Phi) is 3.61. The molecule has 0 atom stereocenters. The van der Waals surface area contributed by atoms with Gasteiger partial charge in [0.1, 0.15) is 0 Å². The highest BCUT2D eigenvalue weighted by Gasteiger charge is 2.22. The highest BCUT2D eigenvalue weighted by atomic mass is 127. The zero-order valence-electron chi connectivity index (χ0n) is 7.54. The molecule has 0 aromatic carbocycles. The van der Waals surface area contributed by atoms with E-state index in [1.54, 1.807) is 22.6 Å². The molecule has 1 aromatic heterocycles. The number of hydrogen-bond acceptors (Lipinski definition) is 3. The van der Waals surface area contributed by atoms with Crippen molar-refractivity contribution in [3.05, 3.63) is 20.9 Å². The minimum Gasteiger partial charge on any atom is -0.242 e. The van der Waals surface area contributed by atoms with E-state index in [2.05, 4.69) is 4.98 Å². The Morgan fingerprint density at radius 2 is 2.07 bits per heavy atom. The number of aromatic nitrogens is 1. The van der Waals surface area contributed by atoms with Gasteiger partial charge in [0.2, 0.25) is 0 Å². The zero-order chi connectivity index (χ0) is 11.8. The molecule has 0 spiro atoms. The molecule has 0 aliphatic carbocycles. The first kappa shape index (κ1) is 12.7. The van der Waals surface area contributed by atoms with Gasteiger partial charge >= 0.3 is 0 Å². The number of hydrogen-bond donors (Lipinski definition) is 1. The number of nitrogens with two attached hydrogens (primary N) is 1. The van der Waals surface area contributed by atoms with Gasteiger partial charge in [-0.25, -0.2) is 27.3 Å². The molecule has 0 unspecified atom stereocenters. The average Bonchev–Trinajstić information content (AvgIpc) is 2.00. The second-order valence-electron chi connectivity index (χ2n) is 2.80. The predicted molar refractivity (Wildman–Crippen MR) is 58.0 cm³/mol. The summed E-state index contributed by atoms with van der Waals surface area (Å²) < 4.78 is 47.4. The summed E-state index contributed by atoms with van der Waals surface area (Å²) in [5.74, 6) is 0. The molecule has 4 nitrogen and oxygen atoms in total. The highest BCUT2D eigenvalue weighted by Crippen LogP contribution is 2.29. The number of halogens is 3. The highest BCUT2D eigenvalue weighted by molar-refractivity contribution is 14.1. The Bertz CT molecular complexity index is 490. The van der Waals surface area contributed by atoms with Gasteiger partial charge in [0, 0.05) is 15.3 Å². The van der Waals surface area contributed by atoms with Crippen LogP contribution in [0.3, 0.4) is 0 Å². The minimum atomic E-state index is -4.05. The molecule has 15 heavy (non-hydrogen) atoms. The molecule has 0 aliphatic rings. The molecule has 0 bridgehead atoms. The largest absolute Gasteiger partial charge is 0.265 e. The van der Waals surface area contributed by atoms with E-state index in [-0.39, 0.29) is 14.7 Å². The molecule has 2 N–H and O–H groups in total. The van der Waals surface area contributed by atoms with E-state index in [0.717, 1.165) is 6.20 Å². The third-order valence-corrected chi connectivity index (χ3v) is 3.58. The summed E-state index contributed by atoms with van der Waals surface area (Å²) in [6, 6.07) is 0. The number of nitrogens with zero attached hydrogens (tertiary/aromatic N) is 1. The van der Waals surface area contributed by atoms with E-state index in [4.69, 9.17) is 5.14 Å². The Labute approximate surface area is 99.1 Å². The van der Waals surface area contributed by atoms with Crippen LogP contribution < -0.4 is 5.14 Å². The van der Waals surface area contributed by atoms with Crippen molar-refractivity contribution in [3.8, 4) is 0 Å². The molecular weight excluding hydrogens is 341 g/mol. The Hall–Kier alpha value is -0.350. The number of sulfonamides is 1. The number of primary sulfonamides is 1. The molecule has 0 saturated heterocycles. The van der Waals surface area contributed by atoms with Crippen LogP contribution in [0.5, 0.6) is 0 Å². The molecule has 0 radical (unpaired) electrons. The number of rotatable bonds is 2. The topological polar surface area (TPSA) is 73.1 Å². The normalized spacial score (nSPS) is 12.1. The summed E-state index contributed by atoms with van der Waals surface area (Å²) in [4.78, 5) is 3.54. The summed E-state index contributed by atoms with van der Waals surface area (Å²) in [5, 5.41) is 4.34. The lowest BCUT2D eigenvalue weighted by Crippen LogP contribution is -2.17. The summed E-state index contributed by atoms with van der Waals surface area (Å²) in [5.41, 5.74) is -0.436. The fourth-order valence-electron chi connectivity index (χ4n) is 1.13. The SMILES string of the molecule is Cc1c(S(N)(=O)=O)ncc(I)c1C(F)F. The van der Waals surface area contributed by atoms with E-state index in [1.807, 2.05) is 0 Å². The Balaban J connectivity index is 3.56. The number of alkyl halides is 2. The quantitative estimate of drug-likeness (QED) is 0.825. The van der Waals surface area contributed by atoms with Gasteiger partial charge in [-0.1, -0.05) is 0 Å². The lowest BCUT2D eigenvalue weighted by Gasteiger charge is -2.10. The summed E-state index contributed by atoms with van der Waals surface area (Å²) in [6.07, 6.45) is -1.69. The van der Waals surface area contributed by atoms with Crippen molar-refractivity contribution in [2.75, 3.05) is 0 Å². The average molecular weight is 348 g/mol. The van der Waals surface area contributed by atoms with Crippen molar-refractivity contribution >= 4 is 32.6 Å². The molecule has 0 aliphatic heterocycles. The van der Waals surface area contributed by atoms with E-state index in [1.165, 1.54) is 6.92 Å². The van der Waals surface area contributed by atoms with Crippen LogP contribution in [0.15, 0.2) is 11.2 Å². The first-order chi connectivity index (χ1) is 6.75. The monoisotopic (exact) mass is 348 g/mol. The van der Waals surface area contributed by atoms with Crippen molar-refractivity contribution < 1.29 is 17.2 Å². The second kappa shape index (κ2) is 4.26. The van der Waals surface area contributed by atoms with Gasteiger partial charge in [0.25, 0.3) is 16.4 Å². The van der Waals surface area contributed by atoms with Gasteiger partial charge in [-0.05, 0) is 35.1 Å². The maximum absolute atomic E-state index is 12.6. The van der Waals surface area contributed by atoms with Crippen LogP contribution in [0.4, 0.5) is 8.78 Å². The van der Waals surface area contributed by atoms with Crippen LogP contribution in [0.1, 0.15) is 17.6 Å². The van der Waals surface area contributed by atoms with Crippen LogP contribution in [0.25, 0.3) is 0 Å². The van der Waals surface area contributed by atoms with Crippen molar-refractivity contribution in [2.45, 2.75) is 18.4 Å². The first-order valence-electron chi connectivity index (χ1n) is 3.71. The minimum absolute atomic E-state index is 0.0978.